The van der Waals surface area contributed by atoms with E-state index in [1.54, 1.807) is 14.2 Å². The molecular weight excluding hydrogens is 468 g/mol. The van der Waals surface area contributed by atoms with E-state index in [1.165, 1.54) is 16.8 Å². The lowest BCUT2D eigenvalue weighted by atomic mass is 9.96. The Morgan fingerprint density at radius 1 is 0.889 bits per heavy atom. The number of aryl methyl sites for hydroxylation is 2. The van der Waals surface area contributed by atoms with Gasteiger partial charge in [0.15, 0.2) is 5.11 Å². The summed E-state index contributed by atoms with van der Waals surface area (Å²) in [5, 5.41) is 4.17. The number of nitrogens with zero attached hydrogens (tertiary/aromatic N) is 3. The highest BCUT2D eigenvalue weighted by atomic mass is 32.1. The average molecular weight is 499 g/mol. The lowest BCUT2D eigenvalue weighted by Crippen LogP contribution is -2.30. The molecule has 5 rings (SSSR count). The second-order valence-electron chi connectivity index (χ2n) is 8.98. The Morgan fingerprint density at radius 2 is 1.67 bits per heavy atom. The zero-order valence-electron chi connectivity index (χ0n) is 21.1. The molecular formula is C29H30N4O2S. The van der Waals surface area contributed by atoms with Gasteiger partial charge in [-0.1, -0.05) is 24.3 Å². The molecule has 3 heterocycles. The Hall–Kier alpha value is -3.84. The fourth-order valence-electron chi connectivity index (χ4n) is 5.19. The number of pyridine rings is 1. The van der Waals surface area contributed by atoms with E-state index in [-0.39, 0.29) is 12.1 Å². The summed E-state index contributed by atoms with van der Waals surface area (Å²) in [4.78, 5) is 6.83. The van der Waals surface area contributed by atoms with Crippen LogP contribution in [0.3, 0.4) is 0 Å². The molecule has 0 radical (unpaired) electrons. The molecule has 36 heavy (non-hydrogen) atoms. The van der Waals surface area contributed by atoms with Crippen molar-refractivity contribution in [1.82, 2.24) is 14.9 Å². The first-order valence-electron chi connectivity index (χ1n) is 11.9. The maximum absolute atomic E-state index is 5.94. The fourth-order valence-corrected chi connectivity index (χ4v) is 5.53. The Kier molecular flexibility index (Phi) is 6.41. The number of hydrogen-bond acceptors (Lipinski definition) is 4. The Bertz CT molecular complexity index is 1420. The van der Waals surface area contributed by atoms with Gasteiger partial charge >= 0.3 is 0 Å². The minimum atomic E-state index is -0.155. The van der Waals surface area contributed by atoms with Crippen LogP contribution in [0, 0.1) is 20.8 Å². The quantitative estimate of drug-likeness (QED) is 0.330. The summed E-state index contributed by atoms with van der Waals surface area (Å²) in [6.45, 7) is 6.47. The van der Waals surface area contributed by atoms with Gasteiger partial charge in [0.1, 0.15) is 11.5 Å². The van der Waals surface area contributed by atoms with Crippen LogP contribution in [-0.4, -0.2) is 28.9 Å². The number of nitrogens with one attached hydrogen (secondary N) is 1. The third-order valence-electron chi connectivity index (χ3n) is 6.89. The zero-order valence-corrected chi connectivity index (χ0v) is 22.0. The predicted octanol–water partition coefficient (Wildman–Crippen LogP) is 5.99. The van der Waals surface area contributed by atoms with E-state index < -0.39 is 0 Å². The van der Waals surface area contributed by atoms with Gasteiger partial charge < -0.3 is 24.3 Å². The summed E-state index contributed by atoms with van der Waals surface area (Å²) in [5.41, 5.74) is 7.65. The summed E-state index contributed by atoms with van der Waals surface area (Å²) in [6.07, 6.45) is 1.82. The molecule has 0 saturated carbocycles. The SMILES string of the molecule is COc1ccc(OC)c(N2C(=S)N[C@@H](c3ccccn3)[C@H]2c2cc(C)n(-c3ccccc3C)c2C)c1. The van der Waals surface area contributed by atoms with Gasteiger partial charge in [-0.25, -0.2) is 0 Å². The van der Waals surface area contributed by atoms with Gasteiger partial charge in [0, 0.05) is 29.3 Å². The molecule has 2 aromatic heterocycles. The molecule has 2 aromatic carbocycles. The molecule has 1 N–H and O–H groups in total. The van der Waals surface area contributed by atoms with Gasteiger partial charge in [-0.05, 0) is 80.5 Å². The molecule has 0 spiro atoms. The number of aromatic nitrogens is 2. The molecule has 1 saturated heterocycles. The molecule has 2 atom stereocenters. The molecule has 1 fully saturated rings. The normalized spacial score (nSPS) is 17.2. The first-order chi connectivity index (χ1) is 17.4. The van der Waals surface area contributed by atoms with E-state index in [0.717, 1.165) is 34.3 Å². The van der Waals surface area contributed by atoms with Crippen LogP contribution in [0.2, 0.25) is 0 Å². The number of hydrogen-bond donors (Lipinski definition) is 1. The monoisotopic (exact) mass is 498 g/mol. The third-order valence-corrected chi connectivity index (χ3v) is 7.20. The molecule has 0 amide bonds. The Morgan fingerprint density at radius 3 is 2.36 bits per heavy atom. The summed E-state index contributed by atoms with van der Waals surface area (Å²) >= 11 is 5.94. The standard InChI is InChI=1S/C29H30N4O2S/c1-18-10-6-7-12-24(18)32-19(2)16-22(20(32)3)28-27(23-11-8-9-15-30-23)31-29(36)33(28)25-17-21(34-4)13-14-26(25)35-5/h6-17,27-28H,1-5H3,(H,31,36)/t27-,28+/m0/s1. The van der Waals surface area contributed by atoms with Crippen LogP contribution >= 0.6 is 12.2 Å². The van der Waals surface area contributed by atoms with Crippen molar-refractivity contribution in [3.05, 3.63) is 101 Å². The van der Waals surface area contributed by atoms with Crippen LogP contribution in [0.1, 0.15) is 40.3 Å². The summed E-state index contributed by atoms with van der Waals surface area (Å²) in [5.74, 6) is 1.46. The van der Waals surface area contributed by atoms with Gasteiger partial charge in [-0.3, -0.25) is 4.98 Å². The number of methoxy groups -OCH3 is 2. The van der Waals surface area contributed by atoms with Crippen LogP contribution in [0.25, 0.3) is 5.69 Å². The molecule has 1 aliphatic heterocycles. The van der Waals surface area contributed by atoms with Gasteiger partial charge in [-0.2, -0.15) is 0 Å². The number of para-hydroxylation sites is 1. The van der Waals surface area contributed by atoms with E-state index >= 15 is 0 Å². The van der Waals surface area contributed by atoms with Crippen molar-refractivity contribution in [3.8, 4) is 17.2 Å². The summed E-state index contributed by atoms with van der Waals surface area (Å²) in [7, 11) is 3.34. The molecule has 4 aromatic rings. The van der Waals surface area contributed by atoms with Crippen LogP contribution in [-0.2, 0) is 0 Å². The molecule has 0 bridgehead atoms. The van der Waals surface area contributed by atoms with E-state index in [4.69, 9.17) is 26.7 Å². The largest absolute Gasteiger partial charge is 0.497 e. The first-order valence-corrected chi connectivity index (χ1v) is 12.3. The fraction of sp³-hybridized carbons (Fsp3) is 0.241. The molecule has 1 aliphatic rings. The van der Waals surface area contributed by atoms with Gasteiger partial charge in [-0.15, -0.1) is 0 Å². The van der Waals surface area contributed by atoms with Crippen molar-refractivity contribution in [2.24, 2.45) is 0 Å². The second kappa shape index (κ2) is 9.66. The molecule has 184 valence electrons. The Balaban J connectivity index is 1.73. The van der Waals surface area contributed by atoms with E-state index in [2.05, 4.69) is 65.9 Å². The summed E-state index contributed by atoms with van der Waals surface area (Å²) < 4.78 is 13.6. The van der Waals surface area contributed by atoms with Crippen molar-refractivity contribution < 1.29 is 9.47 Å². The lowest BCUT2D eigenvalue weighted by molar-refractivity contribution is 0.403. The minimum Gasteiger partial charge on any atom is -0.497 e. The van der Waals surface area contributed by atoms with Crippen molar-refractivity contribution >= 4 is 23.0 Å². The highest BCUT2D eigenvalue weighted by Gasteiger charge is 2.43. The van der Waals surface area contributed by atoms with Crippen molar-refractivity contribution in [2.45, 2.75) is 32.9 Å². The highest BCUT2D eigenvalue weighted by Crippen LogP contribution is 2.47. The van der Waals surface area contributed by atoms with Crippen LogP contribution in [0.4, 0.5) is 5.69 Å². The molecule has 0 aliphatic carbocycles. The molecule has 0 unspecified atom stereocenters. The van der Waals surface area contributed by atoms with Gasteiger partial charge in [0.25, 0.3) is 0 Å². The number of benzene rings is 2. The molecule has 6 nitrogen and oxygen atoms in total. The minimum absolute atomic E-state index is 0.152. The van der Waals surface area contributed by atoms with E-state index in [0.29, 0.717) is 5.11 Å². The van der Waals surface area contributed by atoms with E-state index in [1.807, 2.05) is 42.6 Å². The summed E-state index contributed by atoms with van der Waals surface area (Å²) in [6, 6.07) is 22.2. The van der Waals surface area contributed by atoms with Gasteiger partial charge in [0.2, 0.25) is 0 Å². The Labute approximate surface area is 217 Å². The van der Waals surface area contributed by atoms with Crippen LogP contribution in [0.15, 0.2) is 72.9 Å². The molecule has 7 heteroatoms. The van der Waals surface area contributed by atoms with Crippen LogP contribution < -0.4 is 19.7 Å². The number of thiocarbonyl (C=S) groups is 1. The number of anilines is 1. The van der Waals surface area contributed by atoms with Crippen molar-refractivity contribution in [1.29, 1.82) is 0 Å². The first kappa shape index (κ1) is 23.9. The third kappa shape index (κ3) is 3.99. The smallest absolute Gasteiger partial charge is 0.174 e. The second-order valence-corrected chi connectivity index (χ2v) is 9.37. The number of rotatable bonds is 6. The van der Waals surface area contributed by atoms with Crippen LogP contribution in [0.5, 0.6) is 11.5 Å². The average Bonchev–Trinajstić information content (AvgIpc) is 3.39. The van der Waals surface area contributed by atoms with E-state index in [9.17, 15) is 0 Å². The van der Waals surface area contributed by atoms with Gasteiger partial charge in [0.05, 0.1) is 37.7 Å². The highest BCUT2D eigenvalue weighted by molar-refractivity contribution is 7.80. The predicted molar refractivity (Wildman–Crippen MR) is 147 cm³/mol. The van der Waals surface area contributed by atoms with Crippen molar-refractivity contribution in [2.75, 3.05) is 19.1 Å². The topological polar surface area (TPSA) is 51.6 Å². The number of ether oxygens (including phenoxy) is 2. The maximum atomic E-state index is 5.94. The lowest BCUT2D eigenvalue weighted by Gasteiger charge is -2.29. The maximum Gasteiger partial charge on any atom is 0.174 e. The zero-order chi connectivity index (χ0) is 25.4. The van der Waals surface area contributed by atoms with Crippen molar-refractivity contribution in [3.63, 3.8) is 0 Å².